The van der Waals surface area contributed by atoms with Crippen molar-refractivity contribution in [3.63, 3.8) is 0 Å². The number of hydrogen-bond donors (Lipinski definition) is 2. The van der Waals surface area contributed by atoms with E-state index >= 15 is 0 Å². The van der Waals surface area contributed by atoms with Gasteiger partial charge in [0.15, 0.2) is 0 Å². The largest absolute Gasteiger partial charge is 0.352 e. The summed E-state index contributed by atoms with van der Waals surface area (Å²) in [7, 11) is 0. The number of halogens is 1. The highest BCUT2D eigenvalue weighted by Gasteiger charge is 2.26. The molecule has 4 nitrogen and oxygen atoms in total. The van der Waals surface area contributed by atoms with Crippen molar-refractivity contribution in [3.05, 3.63) is 34.9 Å². The zero-order valence-corrected chi connectivity index (χ0v) is 14.4. The molecule has 0 aliphatic rings. The van der Waals surface area contributed by atoms with E-state index in [1.54, 1.807) is 24.3 Å². The van der Waals surface area contributed by atoms with Crippen molar-refractivity contribution >= 4 is 23.4 Å². The van der Waals surface area contributed by atoms with Crippen molar-refractivity contribution in [2.24, 2.45) is 5.92 Å². The molecule has 1 aromatic rings. The molecule has 0 heterocycles. The second-order valence-corrected chi connectivity index (χ2v) is 6.10. The molecule has 2 N–H and O–H groups in total. The molecule has 0 radical (unpaired) electrons. The SMILES string of the molecule is CCC(CC)NC(=O)C(NC(=O)c1ccccc1Cl)C(C)C. The van der Waals surface area contributed by atoms with E-state index < -0.39 is 6.04 Å². The predicted molar refractivity (Wildman–Crippen MR) is 90.1 cm³/mol. The number of amides is 2. The predicted octanol–water partition coefficient (Wildman–Crippen LogP) is 3.40. The van der Waals surface area contributed by atoms with Crippen molar-refractivity contribution in [2.75, 3.05) is 0 Å². The zero-order chi connectivity index (χ0) is 16.7. The number of benzene rings is 1. The first-order valence-corrected chi connectivity index (χ1v) is 8.14. The Morgan fingerprint density at radius 2 is 1.68 bits per heavy atom. The molecule has 1 unspecified atom stereocenters. The molecule has 1 atom stereocenters. The van der Waals surface area contributed by atoms with Gasteiger partial charge in [-0.2, -0.15) is 0 Å². The van der Waals surface area contributed by atoms with Crippen molar-refractivity contribution < 1.29 is 9.59 Å². The molecule has 0 spiro atoms. The Balaban J connectivity index is 2.82. The molecular formula is C17H25ClN2O2. The van der Waals surface area contributed by atoms with Crippen molar-refractivity contribution in [2.45, 2.75) is 52.6 Å². The van der Waals surface area contributed by atoms with Gasteiger partial charge >= 0.3 is 0 Å². The van der Waals surface area contributed by atoms with Gasteiger partial charge in [-0.1, -0.05) is 51.4 Å². The van der Waals surface area contributed by atoms with Crippen LogP contribution in [-0.2, 0) is 4.79 Å². The van der Waals surface area contributed by atoms with Crippen molar-refractivity contribution in [3.8, 4) is 0 Å². The molecule has 22 heavy (non-hydrogen) atoms. The fourth-order valence-corrected chi connectivity index (χ4v) is 2.40. The van der Waals surface area contributed by atoms with Crippen LogP contribution in [0, 0.1) is 5.92 Å². The molecule has 0 aliphatic heterocycles. The van der Waals surface area contributed by atoms with Crippen LogP contribution < -0.4 is 10.6 Å². The summed E-state index contributed by atoms with van der Waals surface area (Å²) in [5, 5.41) is 6.15. The van der Waals surface area contributed by atoms with Crippen LogP contribution in [0.3, 0.4) is 0 Å². The summed E-state index contributed by atoms with van der Waals surface area (Å²) < 4.78 is 0. The molecule has 0 aromatic heterocycles. The fraction of sp³-hybridized carbons (Fsp3) is 0.529. The van der Waals surface area contributed by atoms with Crippen LogP contribution in [-0.4, -0.2) is 23.9 Å². The summed E-state index contributed by atoms with van der Waals surface area (Å²) in [4.78, 5) is 24.7. The molecule has 0 fully saturated rings. The van der Waals surface area contributed by atoms with Crippen LogP contribution in [0.4, 0.5) is 0 Å². The van der Waals surface area contributed by atoms with Crippen molar-refractivity contribution in [1.29, 1.82) is 0 Å². The Bertz CT molecular complexity index is 513. The van der Waals surface area contributed by atoms with Crippen LogP contribution >= 0.6 is 11.6 Å². The highest BCUT2D eigenvalue weighted by atomic mass is 35.5. The van der Waals surface area contributed by atoms with Gasteiger partial charge < -0.3 is 10.6 Å². The van der Waals surface area contributed by atoms with E-state index in [0.29, 0.717) is 10.6 Å². The van der Waals surface area contributed by atoms with Crippen LogP contribution in [0.25, 0.3) is 0 Å². The minimum absolute atomic E-state index is 0.0131. The van der Waals surface area contributed by atoms with Gasteiger partial charge in [-0.05, 0) is 30.9 Å². The number of carbonyl (C=O) groups excluding carboxylic acids is 2. The molecule has 1 rings (SSSR count). The van der Waals surface area contributed by atoms with Gasteiger partial charge in [0.25, 0.3) is 5.91 Å². The average Bonchev–Trinajstić information content (AvgIpc) is 2.49. The smallest absolute Gasteiger partial charge is 0.253 e. The van der Waals surface area contributed by atoms with E-state index in [9.17, 15) is 9.59 Å². The number of nitrogens with one attached hydrogen (secondary N) is 2. The van der Waals surface area contributed by atoms with E-state index in [1.807, 2.05) is 27.7 Å². The third kappa shape index (κ3) is 5.02. The third-order valence-corrected chi connectivity index (χ3v) is 4.02. The molecule has 0 saturated heterocycles. The van der Waals surface area contributed by atoms with Gasteiger partial charge in [-0.3, -0.25) is 9.59 Å². The molecule has 1 aromatic carbocycles. The number of hydrogen-bond acceptors (Lipinski definition) is 2. The molecule has 2 amide bonds. The van der Waals surface area contributed by atoms with E-state index in [4.69, 9.17) is 11.6 Å². The van der Waals surface area contributed by atoms with Gasteiger partial charge in [-0.25, -0.2) is 0 Å². The Hall–Kier alpha value is -1.55. The van der Waals surface area contributed by atoms with Crippen LogP contribution in [0.15, 0.2) is 24.3 Å². The van der Waals surface area contributed by atoms with Crippen LogP contribution in [0.5, 0.6) is 0 Å². The summed E-state index contributed by atoms with van der Waals surface area (Å²) >= 11 is 6.03. The van der Waals surface area contributed by atoms with Gasteiger partial charge in [0.2, 0.25) is 5.91 Å². The average molecular weight is 325 g/mol. The zero-order valence-electron chi connectivity index (χ0n) is 13.7. The topological polar surface area (TPSA) is 58.2 Å². The Labute approximate surface area is 137 Å². The molecule has 0 bridgehead atoms. The van der Waals surface area contributed by atoms with E-state index in [2.05, 4.69) is 10.6 Å². The maximum Gasteiger partial charge on any atom is 0.253 e. The first kappa shape index (κ1) is 18.5. The summed E-state index contributed by atoms with van der Waals surface area (Å²) in [5.41, 5.74) is 0.380. The van der Waals surface area contributed by atoms with Crippen LogP contribution in [0.1, 0.15) is 50.9 Å². The van der Waals surface area contributed by atoms with Crippen LogP contribution in [0.2, 0.25) is 5.02 Å². The first-order valence-electron chi connectivity index (χ1n) is 7.76. The van der Waals surface area contributed by atoms with Gasteiger partial charge in [0.1, 0.15) is 6.04 Å². The lowest BCUT2D eigenvalue weighted by molar-refractivity contribution is -0.124. The number of rotatable bonds is 7. The van der Waals surface area contributed by atoms with E-state index in [1.165, 1.54) is 0 Å². The highest BCUT2D eigenvalue weighted by Crippen LogP contribution is 2.15. The molecule has 122 valence electrons. The van der Waals surface area contributed by atoms with Gasteiger partial charge in [0, 0.05) is 6.04 Å². The fourth-order valence-electron chi connectivity index (χ4n) is 2.18. The monoisotopic (exact) mass is 324 g/mol. The minimum atomic E-state index is -0.579. The van der Waals surface area contributed by atoms with E-state index in [-0.39, 0.29) is 23.8 Å². The lowest BCUT2D eigenvalue weighted by atomic mass is 10.0. The highest BCUT2D eigenvalue weighted by molar-refractivity contribution is 6.33. The Kier molecular flexibility index (Phi) is 7.39. The quantitative estimate of drug-likeness (QED) is 0.807. The maximum absolute atomic E-state index is 12.4. The summed E-state index contributed by atoms with van der Waals surface area (Å²) in [5.74, 6) is -0.492. The van der Waals surface area contributed by atoms with Gasteiger partial charge in [0.05, 0.1) is 10.6 Å². The normalized spacial score (nSPS) is 12.3. The summed E-state index contributed by atoms with van der Waals surface area (Å²) in [6.07, 6.45) is 1.73. The second kappa shape index (κ2) is 8.79. The molecule has 0 saturated carbocycles. The second-order valence-electron chi connectivity index (χ2n) is 5.70. The summed E-state index contributed by atoms with van der Waals surface area (Å²) in [6, 6.07) is 6.36. The third-order valence-electron chi connectivity index (χ3n) is 3.69. The number of carbonyl (C=O) groups is 2. The molecular weight excluding hydrogens is 300 g/mol. The lowest BCUT2D eigenvalue weighted by Gasteiger charge is -2.24. The Morgan fingerprint density at radius 3 is 2.18 bits per heavy atom. The van der Waals surface area contributed by atoms with Crippen molar-refractivity contribution in [1.82, 2.24) is 10.6 Å². The molecule has 5 heteroatoms. The first-order chi connectivity index (χ1) is 10.4. The summed E-state index contributed by atoms with van der Waals surface area (Å²) in [6.45, 7) is 7.87. The molecule has 0 aliphatic carbocycles. The van der Waals surface area contributed by atoms with E-state index in [0.717, 1.165) is 12.8 Å². The van der Waals surface area contributed by atoms with Gasteiger partial charge in [-0.15, -0.1) is 0 Å². The maximum atomic E-state index is 12.4. The lowest BCUT2D eigenvalue weighted by Crippen LogP contribution is -2.52. The minimum Gasteiger partial charge on any atom is -0.352 e. The standard InChI is InChI=1S/C17H25ClN2O2/c1-5-12(6-2)19-17(22)15(11(3)4)20-16(21)13-9-7-8-10-14(13)18/h7-12,15H,5-6H2,1-4H3,(H,19,22)(H,20,21). The Morgan fingerprint density at radius 1 is 1.09 bits per heavy atom.